The predicted octanol–water partition coefficient (Wildman–Crippen LogP) is 3.93. The van der Waals surface area contributed by atoms with E-state index in [-0.39, 0.29) is 11.8 Å². The summed E-state index contributed by atoms with van der Waals surface area (Å²) in [4.78, 5) is 25.3. The smallest absolute Gasteiger partial charge is 0.251 e. The summed E-state index contributed by atoms with van der Waals surface area (Å²) in [7, 11) is 0.0845. The lowest BCUT2D eigenvalue weighted by molar-refractivity contribution is -0.122. The molecule has 2 amide bonds. The highest BCUT2D eigenvalue weighted by atomic mass is 28.3. The van der Waals surface area contributed by atoms with Crippen LogP contribution in [0, 0.1) is 0 Å². The van der Waals surface area contributed by atoms with E-state index >= 15 is 0 Å². The summed E-state index contributed by atoms with van der Waals surface area (Å²) in [6.45, 7) is 8.99. The second kappa shape index (κ2) is 9.55. The van der Waals surface area contributed by atoms with Gasteiger partial charge in [-0.25, -0.2) is 0 Å². The van der Waals surface area contributed by atoms with Crippen molar-refractivity contribution in [2.75, 3.05) is 13.7 Å². The number of ether oxygens (including phenoxy) is 1. The van der Waals surface area contributed by atoms with Crippen LogP contribution in [0.2, 0.25) is 25.7 Å². The Labute approximate surface area is 168 Å². The Morgan fingerprint density at radius 1 is 1.04 bits per heavy atom. The van der Waals surface area contributed by atoms with Crippen molar-refractivity contribution in [2.24, 2.45) is 0 Å². The van der Waals surface area contributed by atoms with Crippen molar-refractivity contribution in [3.05, 3.63) is 54.1 Å². The minimum Gasteiger partial charge on any atom is -0.497 e. The lowest BCUT2D eigenvalue weighted by Gasteiger charge is -2.24. The van der Waals surface area contributed by atoms with E-state index in [0.29, 0.717) is 18.2 Å². The third kappa shape index (κ3) is 6.23. The van der Waals surface area contributed by atoms with Gasteiger partial charge in [-0.2, -0.15) is 0 Å². The van der Waals surface area contributed by atoms with Gasteiger partial charge in [-0.1, -0.05) is 43.9 Å². The van der Waals surface area contributed by atoms with Crippen molar-refractivity contribution in [2.45, 2.75) is 38.7 Å². The molecular weight excluding hydrogens is 368 g/mol. The number of amides is 2. The second-order valence-corrected chi connectivity index (χ2v) is 13.5. The Hall–Kier alpha value is -2.60. The molecule has 2 aromatic carbocycles. The van der Waals surface area contributed by atoms with Crippen molar-refractivity contribution >= 4 is 19.9 Å². The number of nitrogens with one attached hydrogen (secondary N) is 2. The van der Waals surface area contributed by atoms with E-state index in [2.05, 4.69) is 30.3 Å². The van der Waals surface area contributed by atoms with Crippen LogP contribution in [0.3, 0.4) is 0 Å². The molecule has 0 aliphatic carbocycles. The summed E-state index contributed by atoms with van der Waals surface area (Å²) >= 11 is 0. The van der Waals surface area contributed by atoms with Crippen LogP contribution in [-0.4, -0.2) is 39.6 Å². The summed E-state index contributed by atoms with van der Waals surface area (Å²) in [5, 5.41) is 5.76. The topological polar surface area (TPSA) is 67.4 Å². The minimum atomic E-state index is -1.54. The van der Waals surface area contributed by atoms with E-state index < -0.39 is 14.1 Å². The molecule has 2 rings (SSSR count). The van der Waals surface area contributed by atoms with Gasteiger partial charge in [0.05, 0.1) is 7.11 Å². The van der Waals surface area contributed by atoms with Crippen LogP contribution in [-0.2, 0) is 4.79 Å². The van der Waals surface area contributed by atoms with Crippen LogP contribution in [0.5, 0.6) is 5.75 Å². The third-order valence-corrected chi connectivity index (χ3v) is 5.95. The maximum absolute atomic E-state index is 12.9. The van der Waals surface area contributed by atoms with Crippen LogP contribution >= 0.6 is 0 Å². The van der Waals surface area contributed by atoms with Crippen molar-refractivity contribution in [1.29, 1.82) is 0 Å². The fourth-order valence-electron chi connectivity index (χ4n) is 3.00. The highest BCUT2D eigenvalue weighted by Gasteiger charge is 2.27. The van der Waals surface area contributed by atoms with Crippen LogP contribution in [0.1, 0.15) is 17.3 Å². The number of carbonyl (C=O) groups is 2. The molecule has 0 aliphatic rings. The number of methoxy groups -OCH3 is 1. The van der Waals surface area contributed by atoms with Crippen LogP contribution in [0.25, 0.3) is 11.1 Å². The van der Waals surface area contributed by atoms with Gasteiger partial charge in [0, 0.05) is 20.2 Å². The summed E-state index contributed by atoms with van der Waals surface area (Å²) in [6, 6.07) is 15.3. The maximum Gasteiger partial charge on any atom is 0.251 e. The Morgan fingerprint density at radius 2 is 1.68 bits per heavy atom. The molecule has 0 saturated heterocycles. The molecule has 0 heterocycles. The van der Waals surface area contributed by atoms with Gasteiger partial charge in [-0.3, -0.25) is 9.59 Å². The van der Waals surface area contributed by atoms with Crippen molar-refractivity contribution < 1.29 is 14.3 Å². The Morgan fingerprint density at radius 3 is 2.29 bits per heavy atom. The number of rotatable bonds is 8. The Kier molecular flexibility index (Phi) is 7.40. The molecule has 0 fully saturated rings. The normalized spacial score (nSPS) is 12.2. The van der Waals surface area contributed by atoms with Crippen LogP contribution < -0.4 is 15.4 Å². The van der Waals surface area contributed by atoms with E-state index in [4.69, 9.17) is 4.74 Å². The van der Waals surface area contributed by atoms with Gasteiger partial charge in [0.15, 0.2) is 0 Å². The molecule has 0 unspecified atom stereocenters. The maximum atomic E-state index is 12.9. The predicted molar refractivity (Wildman–Crippen MR) is 117 cm³/mol. The van der Waals surface area contributed by atoms with Gasteiger partial charge in [0.2, 0.25) is 5.91 Å². The SMILES string of the molecule is CCNC(=O)[C@H](C[Si](C)(C)C)NC(=O)c1cccc(-c2cccc(OC)c2)c1. The summed E-state index contributed by atoms with van der Waals surface area (Å²) in [5.41, 5.74) is 2.42. The summed E-state index contributed by atoms with van der Waals surface area (Å²) in [5.74, 6) is 0.403. The number of benzene rings is 2. The molecular formula is C22H30N2O3Si. The number of hydrogen-bond donors (Lipinski definition) is 2. The molecule has 5 nitrogen and oxygen atoms in total. The van der Waals surface area contributed by atoms with E-state index in [1.165, 1.54) is 0 Å². The monoisotopic (exact) mass is 398 g/mol. The highest BCUT2D eigenvalue weighted by molar-refractivity contribution is 6.76. The first-order valence-corrected chi connectivity index (χ1v) is 13.3. The zero-order valence-electron chi connectivity index (χ0n) is 17.3. The van der Waals surface area contributed by atoms with E-state index in [0.717, 1.165) is 16.9 Å². The lowest BCUT2D eigenvalue weighted by atomic mass is 10.0. The Bertz CT molecular complexity index is 831. The molecule has 0 spiro atoms. The minimum absolute atomic E-state index is 0.123. The summed E-state index contributed by atoms with van der Waals surface area (Å²) < 4.78 is 5.28. The first kappa shape index (κ1) is 21.7. The van der Waals surface area contributed by atoms with Gasteiger partial charge in [0.1, 0.15) is 11.8 Å². The number of carbonyl (C=O) groups excluding carboxylic acids is 2. The van der Waals surface area contributed by atoms with Crippen molar-refractivity contribution in [3.63, 3.8) is 0 Å². The number of hydrogen-bond acceptors (Lipinski definition) is 3. The molecule has 2 aromatic rings. The standard InChI is InChI=1S/C22H30N2O3Si/c1-6-23-22(26)20(15-28(3,4)5)24-21(25)18-11-7-9-16(13-18)17-10-8-12-19(14-17)27-2/h7-14,20H,6,15H2,1-5H3,(H,23,26)(H,24,25)/t20-/m0/s1. The van der Waals surface area contributed by atoms with E-state index in [1.807, 2.05) is 49.4 Å². The zero-order chi connectivity index (χ0) is 20.7. The molecule has 0 aliphatic heterocycles. The molecule has 28 heavy (non-hydrogen) atoms. The molecule has 1 atom stereocenters. The molecule has 6 heteroatoms. The first-order valence-electron chi connectivity index (χ1n) is 9.56. The largest absolute Gasteiger partial charge is 0.497 e. The van der Waals surface area contributed by atoms with Gasteiger partial charge >= 0.3 is 0 Å². The van der Waals surface area contributed by atoms with Crippen molar-refractivity contribution in [1.82, 2.24) is 10.6 Å². The first-order chi connectivity index (χ1) is 13.2. The zero-order valence-corrected chi connectivity index (χ0v) is 18.3. The third-order valence-electron chi connectivity index (χ3n) is 4.32. The molecule has 2 N–H and O–H groups in total. The summed E-state index contributed by atoms with van der Waals surface area (Å²) in [6.07, 6.45) is 0. The molecule has 0 bridgehead atoms. The van der Waals surface area contributed by atoms with Gasteiger partial charge in [-0.15, -0.1) is 0 Å². The van der Waals surface area contributed by atoms with Crippen molar-refractivity contribution in [3.8, 4) is 16.9 Å². The fraction of sp³-hybridized carbons (Fsp3) is 0.364. The van der Waals surface area contributed by atoms with Crippen LogP contribution in [0.4, 0.5) is 0 Å². The highest BCUT2D eigenvalue weighted by Crippen LogP contribution is 2.24. The van der Waals surface area contributed by atoms with Crippen LogP contribution in [0.15, 0.2) is 48.5 Å². The molecule has 0 aromatic heterocycles. The average Bonchev–Trinajstić information content (AvgIpc) is 2.66. The molecule has 0 saturated carbocycles. The lowest BCUT2D eigenvalue weighted by Crippen LogP contribution is -2.49. The molecule has 0 radical (unpaired) electrons. The quantitative estimate of drug-likeness (QED) is 0.662. The Balaban J connectivity index is 2.23. The van der Waals surface area contributed by atoms with E-state index in [9.17, 15) is 9.59 Å². The van der Waals surface area contributed by atoms with Gasteiger partial charge < -0.3 is 15.4 Å². The molecule has 150 valence electrons. The fourth-order valence-corrected chi connectivity index (χ4v) is 4.52. The van der Waals surface area contributed by atoms with E-state index in [1.54, 1.807) is 13.2 Å². The number of likely N-dealkylation sites (N-methyl/N-ethyl adjacent to an activating group) is 1. The second-order valence-electron chi connectivity index (χ2n) is 8.00. The average molecular weight is 399 g/mol. The van der Waals surface area contributed by atoms with Gasteiger partial charge in [0.25, 0.3) is 5.91 Å². The van der Waals surface area contributed by atoms with Gasteiger partial charge in [-0.05, 0) is 48.4 Å².